The summed E-state index contributed by atoms with van der Waals surface area (Å²) < 4.78 is 16.9. The van der Waals surface area contributed by atoms with Crippen molar-refractivity contribution >= 4 is 17.9 Å². The molecule has 0 saturated carbocycles. The van der Waals surface area contributed by atoms with Gasteiger partial charge in [-0.2, -0.15) is 0 Å². The second-order valence-corrected chi connectivity index (χ2v) is 20.9. The Balaban J connectivity index is 4.42. The van der Waals surface area contributed by atoms with Crippen LogP contribution in [0.4, 0.5) is 0 Å². The fraction of sp³-hybridized carbons (Fsp3) is 0.630. The molecule has 1 atom stereocenters. The number of rotatable bonds is 57. The summed E-state index contributed by atoms with van der Waals surface area (Å²) in [6, 6.07) is 0. The molecule has 0 saturated heterocycles. The summed E-state index contributed by atoms with van der Waals surface area (Å²) >= 11 is 0. The molecule has 0 aliphatic heterocycles. The maximum atomic E-state index is 12.9. The van der Waals surface area contributed by atoms with Crippen molar-refractivity contribution in [2.24, 2.45) is 0 Å². The van der Waals surface area contributed by atoms with Gasteiger partial charge < -0.3 is 14.2 Å². The fourth-order valence-corrected chi connectivity index (χ4v) is 8.53. The van der Waals surface area contributed by atoms with Crippen molar-refractivity contribution < 1.29 is 28.6 Å². The van der Waals surface area contributed by atoms with E-state index in [0.29, 0.717) is 19.3 Å². The SMILES string of the molecule is CC/C=C\C/C=C\C/C=C\C/C=C\C/C=C\C/C=C\CCCCCCCCC(=O)OCC(COC(=O)CCCCC/C=C\C/C=C\C/C=C\CC)OC(=O)CCCCCCCCCC/C=C\C/C=C\C/C=C\CCCCCCC. The lowest BCUT2D eigenvalue weighted by Crippen LogP contribution is -2.30. The van der Waals surface area contributed by atoms with E-state index < -0.39 is 6.10 Å². The minimum absolute atomic E-state index is 0.104. The van der Waals surface area contributed by atoms with Gasteiger partial charge in [0.1, 0.15) is 13.2 Å². The van der Waals surface area contributed by atoms with Crippen molar-refractivity contribution in [1.29, 1.82) is 0 Å². The molecule has 0 spiro atoms. The van der Waals surface area contributed by atoms with Crippen molar-refractivity contribution in [2.75, 3.05) is 13.2 Å². The van der Waals surface area contributed by atoms with E-state index in [9.17, 15) is 14.4 Å². The van der Waals surface area contributed by atoms with Gasteiger partial charge in [0.05, 0.1) is 0 Å². The fourth-order valence-electron chi connectivity index (χ4n) is 8.53. The Labute approximate surface area is 487 Å². The second kappa shape index (κ2) is 65.8. The van der Waals surface area contributed by atoms with Gasteiger partial charge in [0, 0.05) is 19.3 Å². The van der Waals surface area contributed by atoms with Crippen molar-refractivity contribution in [1.82, 2.24) is 0 Å². The average Bonchev–Trinajstić information content (AvgIpc) is 3.45. The van der Waals surface area contributed by atoms with Crippen LogP contribution in [0.1, 0.15) is 278 Å². The Hall–Kier alpha value is -4.71. The number of allylic oxidation sites excluding steroid dienone is 24. The molecule has 0 N–H and O–H groups in total. The highest BCUT2D eigenvalue weighted by Crippen LogP contribution is 2.14. The van der Waals surface area contributed by atoms with Crippen LogP contribution in [-0.2, 0) is 28.6 Å². The third kappa shape index (κ3) is 64.0. The summed E-state index contributed by atoms with van der Waals surface area (Å²) in [5.74, 6) is -0.955. The summed E-state index contributed by atoms with van der Waals surface area (Å²) in [5, 5.41) is 0. The first-order valence-corrected chi connectivity index (χ1v) is 32.3. The van der Waals surface area contributed by atoms with Gasteiger partial charge in [-0.3, -0.25) is 14.4 Å². The Morgan fingerprint density at radius 3 is 0.785 bits per heavy atom. The molecule has 0 aromatic carbocycles. The van der Waals surface area contributed by atoms with Gasteiger partial charge in [-0.25, -0.2) is 0 Å². The van der Waals surface area contributed by atoms with Gasteiger partial charge in [-0.05, 0) is 141 Å². The maximum Gasteiger partial charge on any atom is 0.306 e. The molecule has 0 aromatic rings. The number of hydrogen-bond acceptors (Lipinski definition) is 6. The standard InChI is InChI=1S/C73H118O6/c1-4-7-10-13-16-19-22-25-27-29-31-33-35-36-38-39-41-43-45-48-51-54-57-60-63-66-72(75)78-69-70(68-77-71(74)65-62-59-56-53-50-47-24-21-18-15-12-9-6-3)79-73(76)67-64-61-58-55-52-49-46-44-42-40-37-34-32-30-28-26-23-20-17-14-11-8-5-2/h7,9-10,12,16,18-19,21,23,25-27,30-33,36-38,40-41,43,47,50,70H,4-6,8,11,13-15,17,20,22,24,28-29,34-35,39,42,44-46,48-49,51-69H2,1-3H3/b10-7-,12-9-,19-16-,21-18-,26-23-,27-25-,32-30-,33-31-,38-36-,40-37-,43-41-,50-47-. The second-order valence-electron chi connectivity index (χ2n) is 20.9. The molecular weight excluding hydrogens is 973 g/mol. The molecule has 79 heavy (non-hydrogen) atoms. The predicted molar refractivity (Wildman–Crippen MR) is 343 cm³/mol. The molecule has 0 aliphatic carbocycles. The Morgan fingerprint density at radius 2 is 0.494 bits per heavy atom. The van der Waals surface area contributed by atoms with Gasteiger partial charge in [0.2, 0.25) is 0 Å². The largest absolute Gasteiger partial charge is 0.462 e. The predicted octanol–water partition coefficient (Wildman–Crippen LogP) is 22.3. The molecule has 446 valence electrons. The molecular formula is C73H118O6. The van der Waals surface area contributed by atoms with Gasteiger partial charge in [0.25, 0.3) is 0 Å². The van der Waals surface area contributed by atoms with Crippen LogP contribution >= 0.6 is 0 Å². The quantitative estimate of drug-likeness (QED) is 0.0261. The molecule has 0 aromatic heterocycles. The first-order chi connectivity index (χ1) is 39.0. The van der Waals surface area contributed by atoms with Crippen LogP contribution in [0.5, 0.6) is 0 Å². The van der Waals surface area contributed by atoms with Gasteiger partial charge in [-0.15, -0.1) is 0 Å². The monoisotopic (exact) mass is 1090 g/mol. The first-order valence-electron chi connectivity index (χ1n) is 32.3. The van der Waals surface area contributed by atoms with Crippen LogP contribution in [0.2, 0.25) is 0 Å². The molecule has 0 bridgehead atoms. The number of carbonyl (C=O) groups excluding carboxylic acids is 3. The molecule has 0 radical (unpaired) electrons. The van der Waals surface area contributed by atoms with Crippen molar-refractivity contribution in [3.8, 4) is 0 Å². The van der Waals surface area contributed by atoms with Gasteiger partial charge in [0.15, 0.2) is 6.10 Å². The molecule has 6 heteroatoms. The van der Waals surface area contributed by atoms with Crippen molar-refractivity contribution in [3.05, 3.63) is 146 Å². The molecule has 1 unspecified atom stereocenters. The summed E-state index contributed by atoms with van der Waals surface area (Å²) in [5.41, 5.74) is 0. The zero-order chi connectivity index (χ0) is 57.1. The van der Waals surface area contributed by atoms with Crippen molar-refractivity contribution in [3.63, 3.8) is 0 Å². The summed E-state index contributed by atoms with van der Waals surface area (Å²) in [4.78, 5) is 38.3. The number of ether oxygens (including phenoxy) is 3. The molecule has 0 heterocycles. The van der Waals surface area contributed by atoms with E-state index >= 15 is 0 Å². The molecule has 0 aliphatic rings. The van der Waals surface area contributed by atoms with Crippen LogP contribution in [0.15, 0.2) is 146 Å². The minimum atomic E-state index is -0.809. The van der Waals surface area contributed by atoms with E-state index in [1.54, 1.807) is 0 Å². The molecule has 6 nitrogen and oxygen atoms in total. The number of carbonyl (C=O) groups is 3. The Kier molecular flexibility index (Phi) is 61.9. The van der Waals surface area contributed by atoms with Crippen LogP contribution in [-0.4, -0.2) is 37.2 Å². The molecule has 0 rings (SSSR count). The highest BCUT2D eigenvalue weighted by molar-refractivity contribution is 5.71. The van der Waals surface area contributed by atoms with E-state index in [0.717, 1.165) is 154 Å². The third-order valence-electron chi connectivity index (χ3n) is 13.3. The van der Waals surface area contributed by atoms with E-state index in [-0.39, 0.29) is 31.1 Å². The van der Waals surface area contributed by atoms with E-state index in [1.165, 1.54) is 83.5 Å². The lowest BCUT2D eigenvalue weighted by atomic mass is 10.1. The van der Waals surface area contributed by atoms with E-state index in [1.807, 2.05) is 0 Å². The van der Waals surface area contributed by atoms with Crippen LogP contribution in [0.3, 0.4) is 0 Å². The lowest BCUT2D eigenvalue weighted by molar-refractivity contribution is -0.167. The van der Waals surface area contributed by atoms with Gasteiger partial charge >= 0.3 is 17.9 Å². The van der Waals surface area contributed by atoms with E-state index in [2.05, 4.69) is 167 Å². The third-order valence-corrected chi connectivity index (χ3v) is 13.3. The number of esters is 3. The smallest absolute Gasteiger partial charge is 0.306 e. The van der Waals surface area contributed by atoms with Crippen LogP contribution in [0, 0.1) is 0 Å². The first kappa shape index (κ1) is 74.3. The minimum Gasteiger partial charge on any atom is -0.462 e. The summed E-state index contributed by atoms with van der Waals surface area (Å²) in [7, 11) is 0. The van der Waals surface area contributed by atoms with E-state index in [4.69, 9.17) is 14.2 Å². The molecule has 0 amide bonds. The number of hydrogen-bond donors (Lipinski definition) is 0. The number of unbranched alkanes of at least 4 members (excludes halogenated alkanes) is 22. The molecule has 0 fully saturated rings. The summed E-state index contributed by atoms with van der Waals surface area (Å²) in [6.07, 6.45) is 94.2. The van der Waals surface area contributed by atoms with Crippen LogP contribution in [0.25, 0.3) is 0 Å². The zero-order valence-corrected chi connectivity index (χ0v) is 51.1. The zero-order valence-electron chi connectivity index (χ0n) is 51.1. The van der Waals surface area contributed by atoms with Crippen LogP contribution < -0.4 is 0 Å². The topological polar surface area (TPSA) is 78.9 Å². The normalized spacial score (nSPS) is 13.1. The highest BCUT2D eigenvalue weighted by atomic mass is 16.6. The average molecular weight is 1090 g/mol. The maximum absolute atomic E-state index is 12.9. The van der Waals surface area contributed by atoms with Crippen molar-refractivity contribution in [2.45, 2.75) is 284 Å². The highest BCUT2D eigenvalue weighted by Gasteiger charge is 2.19. The Bertz CT molecular complexity index is 1730. The summed E-state index contributed by atoms with van der Waals surface area (Å²) in [6.45, 7) is 6.36. The lowest BCUT2D eigenvalue weighted by Gasteiger charge is -2.18. The Morgan fingerprint density at radius 1 is 0.266 bits per heavy atom. The van der Waals surface area contributed by atoms with Gasteiger partial charge in [-0.1, -0.05) is 263 Å².